The molecule has 12 heteroatoms. The monoisotopic (exact) mass is 1090 g/mol. The minimum absolute atomic E-state index is 0.163. The molecule has 0 heterocycles. The zero-order chi connectivity index (χ0) is 55.5. The van der Waals surface area contributed by atoms with Crippen LogP contribution in [0.1, 0.15) is 303 Å². The van der Waals surface area contributed by atoms with E-state index in [9.17, 15) is 28.9 Å². The first-order chi connectivity index (χ1) is 37.2. The molecule has 0 fully saturated rings. The highest BCUT2D eigenvalue weighted by Crippen LogP contribution is 2.43. The number of aliphatic hydroxyl groups is 1. The van der Waals surface area contributed by atoms with Crippen LogP contribution in [0, 0.1) is 0 Å². The molecular formula is C64H117O11P. The molecule has 0 bridgehead atoms. The van der Waals surface area contributed by atoms with Crippen LogP contribution >= 0.6 is 7.82 Å². The molecule has 444 valence electrons. The quantitative estimate of drug-likeness (QED) is 0.0197. The number of phosphoric ester groups is 1. The van der Waals surface area contributed by atoms with Crippen molar-refractivity contribution in [2.45, 2.75) is 315 Å². The Balaban J connectivity index is 4.70. The summed E-state index contributed by atoms with van der Waals surface area (Å²) < 4.78 is 39.6. The lowest BCUT2D eigenvalue weighted by atomic mass is 10.0. The summed E-state index contributed by atoms with van der Waals surface area (Å²) in [6, 6.07) is 0. The fourth-order valence-corrected chi connectivity index (χ4v) is 9.67. The minimum Gasteiger partial charge on any atom is -0.462 e. The molecule has 0 saturated carbocycles. The van der Waals surface area contributed by atoms with Crippen LogP contribution in [0.15, 0.2) is 48.6 Å². The lowest BCUT2D eigenvalue weighted by Crippen LogP contribution is -2.30. The molecule has 0 aliphatic carbocycles. The molecule has 0 aromatic rings. The predicted molar refractivity (Wildman–Crippen MR) is 316 cm³/mol. The fraction of sp³-hybridized carbons (Fsp3) is 0.828. The number of allylic oxidation sites excluding steroid dienone is 8. The second kappa shape index (κ2) is 58.6. The number of carbonyl (C=O) groups excluding carboxylic acids is 3. The molecule has 0 spiro atoms. The van der Waals surface area contributed by atoms with Gasteiger partial charge in [0.15, 0.2) is 6.10 Å². The lowest BCUT2D eigenvalue weighted by Gasteiger charge is -2.21. The second-order valence-electron chi connectivity index (χ2n) is 21.2. The summed E-state index contributed by atoms with van der Waals surface area (Å²) >= 11 is 0. The topological polar surface area (TPSA) is 155 Å². The zero-order valence-electron chi connectivity index (χ0n) is 49.2. The number of rotatable bonds is 59. The van der Waals surface area contributed by atoms with Crippen LogP contribution in [0.3, 0.4) is 0 Å². The third kappa shape index (κ3) is 56.2. The average Bonchev–Trinajstić information content (AvgIpc) is 3.41. The molecule has 0 rings (SSSR count). The highest BCUT2D eigenvalue weighted by atomic mass is 31.2. The van der Waals surface area contributed by atoms with Gasteiger partial charge in [-0.2, -0.15) is 0 Å². The van der Waals surface area contributed by atoms with Crippen molar-refractivity contribution in [1.29, 1.82) is 0 Å². The molecule has 0 aromatic carbocycles. The summed E-state index contributed by atoms with van der Waals surface area (Å²) in [5.74, 6) is -1.46. The Kier molecular flexibility index (Phi) is 56.6. The number of aliphatic hydroxyl groups excluding tert-OH is 1. The Bertz CT molecular complexity index is 1460. The van der Waals surface area contributed by atoms with Crippen molar-refractivity contribution in [2.75, 3.05) is 26.4 Å². The molecule has 0 aromatic heterocycles. The van der Waals surface area contributed by atoms with Crippen LogP contribution in [0.25, 0.3) is 0 Å². The van der Waals surface area contributed by atoms with Gasteiger partial charge in [0.1, 0.15) is 12.7 Å². The van der Waals surface area contributed by atoms with Crippen LogP contribution in [0.4, 0.5) is 0 Å². The van der Waals surface area contributed by atoms with Crippen molar-refractivity contribution in [2.24, 2.45) is 0 Å². The van der Waals surface area contributed by atoms with Gasteiger partial charge in [-0.25, -0.2) is 4.57 Å². The fourth-order valence-electron chi connectivity index (χ4n) is 8.89. The van der Waals surface area contributed by atoms with E-state index in [1.807, 2.05) is 0 Å². The van der Waals surface area contributed by atoms with Crippen molar-refractivity contribution in [3.8, 4) is 0 Å². The minimum atomic E-state index is -4.75. The van der Waals surface area contributed by atoms with Gasteiger partial charge in [-0.3, -0.25) is 23.4 Å². The van der Waals surface area contributed by atoms with Crippen molar-refractivity contribution in [1.82, 2.24) is 0 Å². The van der Waals surface area contributed by atoms with Gasteiger partial charge in [0, 0.05) is 19.3 Å². The van der Waals surface area contributed by atoms with Gasteiger partial charge in [0.25, 0.3) is 0 Å². The van der Waals surface area contributed by atoms with Gasteiger partial charge in [0.05, 0.1) is 19.8 Å². The third-order valence-electron chi connectivity index (χ3n) is 13.7. The molecule has 0 amide bonds. The Morgan fingerprint density at radius 3 is 1.00 bits per heavy atom. The Morgan fingerprint density at radius 2 is 0.645 bits per heavy atom. The molecular weight excluding hydrogens is 976 g/mol. The highest BCUT2D eigenvalue weighted by Gasteiger charge is 2.28. The summed E-state index contributed by atoms with van der Waals surface area (Å²) in [5.41, 5.74) is 0. The molecule has 0 aliphatic rings. The number of hydrogen-bond acceptors (Lipinski definition) is 10. The van der Waals surface area contributed by atoms with Gasteiger partial charge in [-0.1, -0.05) is 249 Å². The van der Waals surface area contributed by atoms with Gasteiger partial charge in [-0.05, 0) is 83.5 Å². The maximum atomic E-state index is 12.9. The second-order valence-corrected chi connectivity index (χ2v) is 22.7. The summed E-state index contributed by atoms with van der Waals surface area (Å²) in [6.07, 6.45) is 63.4. The molecule has 2 N–H and O–H groups in total. The van der Waals surface area contributed by atoms with Crippen LogP contribution in [-0.4, -0.2) is 66.5 Å². The maximum absolute atomic E-state index is 12.9. The van der Waals surface area contributed by atoms with Crippen LogP contribution in [0.5, 0.6) is 0 Å². The van der Waals surface area contributed by atoms with E-state index < -0.39 is 57.8 Å². The summed E-state index contributed by atoms with van der Waals surface area (Å²) in [5, 5.41) is 9.83. The number of ether oxygens (including phenoxy) is 3. The van der Waals surface area contributed by atoms with Crippen LogP contribution in [0.2, 0.25) is 0 Å². The van der Waals surface area contributed by atoms with Crippen LogP contribution < -0.4 is 0 Å². The normalized spacial score (nSPS) is 13.6. The van der Waals surface area contributed by atoms with Crippen molar-refractivity contribution in [3.05, 3.63) is 48.6 Å². The van der Waals surface area contributed by atoms with Crippen LogP contribution in [-0.2, 0) is 42.2 Å². The predicted octanol–water partition coefficient (Wildman–Crippen LogP) is 18.9. The molecule has 76 heavy (non-hydrogen) atoms. The SMILES string of the molecule is CCCCC/C=C\C/C=C\CCCCCCCCCCCC(=O)OC(COC(=O)CCCCCCCCCCCCCCCCC)COP(=O)(O)OCC(CO)OC(=O)CCCCCCC/C=C\C/C=C\CCCCC. The summed E-state index contributed by atoms with van der Waals surface area (Å²) in [7, 11) is -4.75. The molecule has 0 saturated heterocycles. The van der Waals surface area contributed by atoms with Crippen molar-refractivity contribution >= 4 is 25.7 Å². The summed E-state index contributed by atoms with van der Waals surface area (Å²) in [6.45, 7) is 4.63. The molecule has 3 atom stereocenters. The maximum Gasteiger partial charge on any atom is 0.472 e. The first kappa shape index (κ1) is 73.4. The van der Waals surface area contributed by atoms with Crippen molar-refractivity contribution < 1.29 is 52.2 Å². The lowest BCUT2D eigenvalue weighted by molar-refractivity contribution is -0.161. The van der Waals surface area contributed by atoms with E-state index >= 15 is 0 Å². The zero-order valence-corrected chi connectivity index (χ0v) is 50.1. The first-order valence-electron chi connectivity index (χ1n) is 31.5. The van der Waals surface area contributed by atoms with E-state index in [2.05, 4.69) is 69.4 Å². The van der Waals surface area contributed by atoms with E-state index in [0.29, 0.717) is 19.3 Å². The Hall–Kier alpha value is -2.56. The third-order valence-corrected chi connectivity index (χ3v) is 14.7. The Morgan fingerprint density at radius 1 is 0.368 bits per heavy atom. The van der Waals surface area contributed by atoms with E-state index in [4.69, 9.17) is 23.3 Å². The first-order valence-corrected chi connectivity index (χ1v) is 33.0. The van der Waals surface area contributed by atoms with Gasteiger partial charge in [0.2, 0.25) is 0 Å². The average molecular weight is 1090 g/mol. The van der Waals surface area contributed by atoms with Gasteiger partial charge in [-0.15, -0.1) is 0 Å². The number of unbranched alkanes of at least 4 members (excludes halogenated alkanes) is 34. The molecule has 0 radical (unpaired) electrons. The largest absolute Gasteiger partial charge is 0.472 e. The van der Waals surface area contributed by atoms with Crippen molar-refractivity contribution in [3.63, 3.8) is 0 Å². The number of phosphoric acid groups is 1. The number of carbonyl (C=O) groups is 3. The Labute approximate surface area is 466 Å². The summed E-state index contributed by atoms with van der Waals surface area (Å²) in [4.78, 5) is 48.7. The van der Waals surface area contributed by atoms with E-state index in [1.165, 1.54) is 148 Å². The number of esters is 3. The van der Waals surface area contributed by atoms with Gasteiger partial charge < -0.3 is 24.2 Å². The van der Waals surface area contributed by atoms with E-state index in [-0.39, 0.29) is 25.9 Å². The van der Waals surface area contributed by atoms with E-state index in [0.717, 1.165) is 96.3 Å². The molecule has 0 aliphatic heterocycles. The number of hydrogen-bond donors (Lipinski definition) is 2. The molecule has 11 nitrogen and oxygen atoms in total. The standard InChI is InChI=1S/C64H117O11P/c1-4-7-10-13-16-19-22-25-28-29-30-31-34-37-40-43-46-49-52-55-64(68)75-61(57-71-62(66)53-50-47-44-41-38-35-32-26-23-20-17-14-11-8-5-2)59-73-76(69,70)72-58-60(56-65)74-63(67)54-51-48-45-42-39-36-33-27-24-21-18-15-12-9-6-3/h16,18-19,21,25,27-28,33,60-61,65H,4-15,17,20,22-24,26,29-32,34-59H2,1-3H3,(H,69,70)/b19-16-,21-18-,28-25-,33-27-. The smallest absolute Gasteiger partial charge is 0.462 e. The van der Waals surface area contributed by atoms with E-state index in [1.54, 1.807) is 0 Å². The highest BCUT2D eigenvalue weighted by molar-refractivity contribution is 7.47. The molecule has 3 unspecified atom stereocenters. The van der Waals surface area contributed by atoms with Gasteiger partial charge >= 0.3 is 25.7 Å².